The highest BCUT2D eigenvalue weighted by atomic mass is 32.1. The molecule has 19 nitrogen and oxygen atoms in total. The van der Waals surface area contributed by atoms with Gasteiger partial charge in [-0.2, -0.15) is 0 Å². The summed E-state index contributed by atoms with van der Waals surface area (Å²) < 4.78 is 18.7. The number of rotatable bonds is 23. The van der Waals surface area contributed by atoms with E-state index in [4.69, 9.17) is 35.6 Å². The Kier molecular flexibility index (Phi) is 17.9. The first-order valence-electron chi connectivity index (χ1n) is 26.7. The molecule has 0 radical (unpaired) electrons. The summed E-state index contributed by atoms with van der Waals surface area (Å²) in [4.78, 5) is 74.4. The highest BCUT2D eigenvalue weighted by molar-refractivity contribution is 7.13. The molecule has 2 aliphatic rings. The number of pyridine rings is 2. The number of nitrogens with two attached hydrogens (primary N) is 2. The molecule has 8 N–H and O–H groups in total. The lowest BCUT2D eigenvalue weighted by atomic mass is 9.73. The van der Waals surface area contributed by atoms with E-state index in [0.717, 1.165) is 69.0 Å². The third-order valence-electron chi connectivity index (χ3n) is 14.4. The molecular weight excluding hydrogens is 1020 g/mol. The van der Waals surface area contributed by atoms with Crippen LogP contribution in [0.25, 0.3) is 49.9 Å². The third kappa shape index (κ3) is 13.7. The number of amides is 4. The Hall–Kier alpha value is -7.46. The lowest BCUT2D eigenvalue weighted by Gasteiger charge is -2.38. The molecule has 0 spiro atoms. The maximum absolute atomic E-state index is 14.0. The van der Waals surface area contributed by atoms with Crippen molar-refractivity contribution in [2.45, 2.75) is 90.1 Å². The van der Waals surface area contributed by atoms with Crippen LogP contribution in [0.1, 0.15) is 68.8 Å². The number of fused-ring (bicyclic) bond motifs is 1. The number of nitrogens with one attached hydrogen (secondary N) is 3. The van der Waals surface area contributed by atoms with Crippen molar-refractivity contribution in [3.63, 3.8) is 0 Å². The van der Waals surface area contributed by atoms with Crippen molar-refractivity contribution in [3.05, 3.63) is 131 Å². The number of carbonyl (C=O) groups excluding carboxylic acids is 4. The molecule has 3 aromatic carbocycles. The SMILES string of the molecule is Cc1ncsc1-c1ccc(CNC(=O)[C@@H]2C[C@@H](O)CN2C(=O)C(NC(=O)COCCOCCOCC(=O)NCCc2cccc(-c3ccc4nc(-c5cccnc5N)n(-c5ccc(C6(N)CCC6)cc5)c4n3)c2)C(C)(C)C)cc1. The van der Waals surface area contributed by atoms with Crippen LogP contribution in [0.4, 0.5) is 5.82 Å². The Balaban J connectivity index is 0.678. The number of nitrogen functional groups attached to an aromatic ring is 1. The number of anilines is 1. The molecule has 9 rings (SSSR count). The number of thiazole rings is 1. The fraction of sp³-hybridized carbons (Fsp3) is 0.390. The fourth-order valence-corrected chi connectivity index (χ4v) is 10.7. The van der Waals surface area contributed by atoms with Crippen LogP contribution in [-0.4, -0.2) is 129 Å². The average molecular weight is 1090 g/mol. The molecule has 1 saturated carbocycles. The number of aryl methyl sites for hydroxylation is 1. The average Bonchev–Trinajstić information content (AvgIpc) is 4.38. The topological polar surface area (TPSA) is 264 Å². The standard InChI is InChI=1S/C59H69N11O8S/c1-37-51(79-36-65-37)40-13-11-39(12-14-40)32-64-56(74)48-31-44(71)33-69(48)57(75)52(58(2,3)4)68-50(73)35-78-29-27-76-26-28-77-34-49(72)62-25-21-38-8-5-9-41(30-38)46-19-20-47-55(66-46)70(54(67-47)45-10-6-24-63-53(45)60)43-17-15-42(16-18-43)59(61)22-7-23-59/h5-6,8-20,24,30,36,44,48,52,71H,7,21-23,25-29,31-35,61H2,1-4H3,(H2,60,63)(H,62,72)(H,64,74)(H,68,73)/t44-,48+,52?/m1/s1. The van der Waals surface area contributed by atoms with E-state index in [-0.39, 0.29) is 76.5 Å². The molecule has 1 aliphatic heterocycles. The summed E-state index contributed by atoms with van der Waals surface area (Å²) in [6.07, 6.45) is 4.49. The molecule has 1 unspecified atom stereocenters. The molecule has 79 heavy (non-hydrogen) atoms. The number of carbonyl (C=O) groups is 4. The van der Waals surface area contributed by atoms with E-state index in [2.05, 4.69) is 56.3 Å². The van der Waals surface area contributed by atoms with Gasteiger partial charge in [0.2, 0.25) is 23.6 Å². The molecule has 5 heterocycles. The fourth-order valence-electron chi connectivity index (χ4n) is 9.87. The number of hydrogen-bond donors (Lipinski definition) is 6. The normalized spacial score (nSPS) is 16.4. The van der Waals surface area contributed by atoms with Crippen LogP contribution >= 0.6 is 11.3 Å². The number of β-amino-alcohol motifs (C(OH)–C–C–N with tert-alkyl or cyclic N) is 1. The highest BCUT2D eigenvalue weighted by Crippen LogP contribution is 2.40. The first-order chi connectivity index (χ1) is 38.0. The predicted octanol–water partition coefficient (Wildman–Crippen LogP) is 6.02. The molecule has 3 atom stereocenters. The van der Waals surface area contributed by atoms with E-state index in [1.807, 2.05) is 105 Å². The van der Waals surface area contributed by atoms with Gasteiger partial charge in [0.25, 0.3) is 0 Å². The number of ether oxygens (including phenoxy) is 3. The Morgan fingerprint density at radius 1 is 0.835 bits per heavy atom. The van der Waals surface area contributed by atoms with Gasteiger partial charge in [-0.25, -0.2) is 19.9 Å². The Morgan fingerprint density at radius 2 is 1.57 bits per heavy atom. The molecule has 414 valence electrons. The molecule has 4 amide bonds. The van der Waals surface area contributed by atoms with Crippen molar-refractivity contribution < 1.29 is 38.5 Å². The summed E-state index contributed by atoms with van der Waals surface area (Å²) in [6, 6.07) is 29.9. The van der Waals surface area contributed by atoms with Gasteiger partial charge in [0, 0.05) is 49.0 Å². The second-order valence-corrected chi connectivity index (χ2v) is 22.1. The predicted molar refractivity (Wildman–Crippen MR) is 302 cm³/mol. The minimum atomic E-state index is -0.993. The molecular formula is C59H69N11O8S. The van der Waals surface area contributed by atoms with Gasteiger partial charge >= 0.3 is 0 Å². The zero-order chi connectivity index (χ0) is 55.7. The van der Waals surface area contributed by atoms with Gasteiger partial charge < -0.3 is 51.6 Å². The monoisotopic (exact) mass is 1090 g/mol. The first-order valence-corrected chi connectivity index (χ1v) is 27.6. The summed E-state index contributed by atoms with van der Waals surface area (Å²) in [5.41, 5.74) is 23.5. The molecule has 4 aromatic heterocycles. The van der Waals surface area contributed by atoms with E-state index >= 15 is 0 Å². The largest absolute Gasteiger partial charge is 0.391 e. The van der Waals surface area contributed by atoms with Gasteiger partial charge in [0.15, 0.2) is 11.5 Å². The van der Waals surface area contributed by atoms with E-state index < -0.39 is 35.4 Å². The van der Waals surface area contributed by atoms with Crippen molar-refractivity contribution in [1.82, 2.24) is 45.4 Å². The number of benzene rings is 3. The molecule has 20 heteroatoms. The van der Waals surface area contributed by atoms with Crippen LogP contribution in [-0.2, 0) is 51.9 Å². The zero-order valence-electron chi connectivity index (χ0n) is 45.1. The van der Waals surface area contributed by atoms with Crippen molar-refractivity contribution in [3.8, 4) is 38.8 Å². The summed E-state index contributed by atoms with van der Waals surface area (Å²) in [7, 11) is 0. The lowest BCUT2D eigenvalue weighted by molar-refractivity contribution is -0.144. The van der Waals surface area contributed by atoms with E-state index in [1.54, 1.807) is 17.5 Å². The Bertz CT molecular complexity index is 3260. The Morgan fingerprint density at radius 3 is 2.25 bits per heavy atom. The van der Waals surface area contributed by atoms with Crippen molar-refractivity contribution in [2.24, 2.45) is 11.1 Å². The highest BCUT2D eigenvalue weighted by Gasteiger charge is 2.44. The molecule has 2 fully saturated rings. The quantitative estimate of drug-likeness (QED) is 0.0401. The smallest absolute Gasteiger partial charge is 0.246 e. The Labute approximate surface area is 463 Å². The zero-order valence-corrected chi connectivity index (χ0v) is 45.9. The molecule has 7 aromatic rings. The number of imidazole rings is 1. The summed E-state index contributed by atoms with van der Waals surface area (Å²) in [5.74, 6) is -0.617. The summed E-state index contributed by atoms with van der Waals surface area (Å²) >= 11 is 1.57. The van der Waals surface area contributed by atoms with Gasteiger partial charge in [0.1, 0.15) is 36.6 Å². The second-order valence-electron chi connectivity index (χ2n) is 21.3. The summed E-state index contributed by atoms with van der Waals surface area (Å²) in [5, 5.41) is 19.2. The second kappa shape index (κ2) is 25.1. The van der Waals surface area contributed by atoms with Crippen LogP contribution in [0.15, 0.2) is 109 Å². The van der Waals surface area contributed by atoms with Gasteiger partial charge in [-0.3, -0.25) is 23.7 Å². The maximum Gasteiger partial charge on any atom is 0.246 e. The van der Waals surface area contributed by atoms with Crippen molar-refractivity contribution in [2.75, 3.05) is 58.5 Å². The minimum Gasteiger partial charge on any atom is -0.391 e. The number of aromatic nitrogens is 5. The van der Waals surface area contributed by atoms with Crippen LogP contribution in [0.2, 0.25) is 0 Å². The number of likely N-dealkylation sites (tertiary alicyclic amines) is 1. The number of hydrogen-bond acceptors (Lipinski definition) is 15. The third-order valence-corrected chi connectivity index (χ3v) is 15.4. The van der Waals surface area contributed by atoms with Crippen LogP contribution in [0, 0.1) is 12.3 Å². The minimum absolute atomic E-state index is 0.0341. The van der Waals surface area contributed by atoms with Gasteiger partial charge in [0.05, 0.1) is 59.9 Å². The van der Waals surface area contributed by atoms with Crippen molar-refractivity contribution in [1.29, 1.82) is 0 Å². The summed E-state index contributed by atoms with van der Waals surface area (Å²) in [6.45, 7) is 8.19. The number of nitrogens with zero attached hydrogens (tertiary/aromatic N) is 6. The van der Waals surface area contributed by atoms with Gasteiger partial charge in [-0.15, -0.1) is 11.3 Å². The molecule has 0 bridgehead atoms. The molecule has 1 aliphatic carbocycles. The first kappa shape index (κ1) is 56.3. The van der Waals surface area contributed by atoms with Gasteiger partial charge in [-0.1, -0.05) is 75.4 Å². The number of aliphatic hydroxyl groups is 1. The van der Waals surface area contributed by atoms with E-state index in [0.29, 0.717) is 41.3 Å². The molecule has 1 saturated heterocycles. The van der Waals surface area contributed by atoms with E-state index in [1.165, 1.54) is 4.90 Å². The lowest BCUT2D eigenvalue weighted by Crippen LogP contribution is -2.58. The van der Waals surface area contributed by atoms with Crippen molar-refractivity contribution >= 4 is 51.9 Å². The van der Waals surface area contributed by atoms with Crippen LogP contribution in [0.5, 0.6) is 0 Å². The van der Waals surface area contributed by atoms with Gasteiger partial charge in [-0.05, 0) is 103 Å². The maximum atomic E-state index is 14.0. The van der Waals surface area contributed by atoms with E-state index in [9.17, 15) is 24.3 Å². The number of aliphatic hydroxyl groups excluding tert-OH is 1. The van der Waals surface area contributed by atoms with Crippen LogP contribution < -0.4 is 27.4 Å². The van der Waals surface area contributed by atoms with Crippen LogP contribution in [0.3, 0.4) is 0 Å².